The van der Waals surface area contributed by atoms with Gasteiger partial charge in [-0.15, -0.1) is 0 Å². The van der Waals surface area contributed by atoms with Crippen LogP contribution >= 0.6 is 0 Å². The summed E-state index contributed by atoms with van der Waals surface area (Å²) < 4.78 is 17.2. The lowest BCUT2D eigenvalue weighted by Gasteiger charge is -2.17. The van der Waals surface area contributed by atoms with Gasteiger partial charge in [-0.25, -0.2) is 0 Å². The molecule has 0 saturated heterocycles. The van der Waals surface area contributed by atoms with Crippen molar-refractivity contribution in [3.8, 4) is 22.9 Å². The fourth-order valence-electron chi connectivity index (χ4n) is 4.04. The van der Waals surface area contributed by atoms with Crippen LogP contribution in [0.2, 0.25) is 0 Å². The molecule has 166 valence electrons. The number of hydrogen-bond donors (Lipinski definition) is 2. The number of benzene rings is 2. The molecule has 1 fully saturated rings. The summed E-state index contributed by atoms with van der Waals surface area (Å²) in [6, 6.07) is 13.1. The molecule has 0 bridgehead atoms. The first-order valence-electron chi connectivity index (χ1n) is 10.8. The highest BCUT2D eigenvalue weighted by Crippen LogP contribution is 2.38. The van der Waals surface area contributed by atoms with Crippen molar-refractivity contribution < 1.29 is 18.8 Å². The quantitative estimate of drug-likeness (QED) is 0.549. The lowest BCUT2D eigenvalue weighted by atomic mass is 10.0. The first kappa shape index (κ1) is 20.4. The first-order valence-corrected chi connectivity index (χ1v) is 10.8. The fraction of sp³-hybridized carbons (Fsp3) is 0.333. The van der Waals surface area contributed by atoms with Gasteiger partial charge >= 0.3 is 0 Å². The van der Waals surface area contributed by atoms with Crippen molar-refractivity contribution in [1.29, 1.82) is 0 Å². The molecule has 3 N–H and O–H groups in total. The summed E-state index contributed by atoms with van der Waals surface area (Å²) in [6.45, 7) is 1.87. The zero-order valence-electron chi connectivity index (χ0n) is 18.1. The van der Waals surface area contributed by atoms with E-state index in [2.05, 4.69) is 15.6 Å². The number of anilines is 1. The second-order valence-electron chi connectivity index (χ2n) is 8.30. The standard InChI is InChI=1S/C24H26N4O4/c1-24(23-26-22(28-31-23)15-7-10-17(25)11-8-15)14-19(27-32-24)16-9-12-20(29-2)21(13-16)30-18-5-3-4-6-18/h7-14,18,27H,3-6,25H2,1-2H3. The summed E-state index contributed by atoms with van der Waals surface area (Å²) in [7, 11) is 1.65. The summed E-state index contributed by atoms with van der Waals surface area (Å²) in [4.78, 5) is 10.4. The van der Waals surface area contributed by atoms with Crippen molar-refractivity contribution in [2.24, 2.45) is 0 Å². The largest absolute Gasteiger partial charge is 0.493 e. The van der Waals surface area contributed by atoms with Gasteiger partial charge in [0.25, 0.3) is 5.89 Å². The van der Waals surface area contributed by atoms with Crippen LogP contribution < -0.4 is 20.7 Å². The van der Waals surface area contributed by atoms with Crippen molar-refractivity contribution in [3.63, 3.8) is 0 Å². The van der Waals surface area contributed by atoms with E-state index in [4.69, 9.17) is 24.6 Å². The van der Waals surface area contributed by atoms with Gasteiger partial charge in [-0.05, 0) is 81.1 Å². The first-order chi connectivity index (χ1) is 15.5. The summed E-state index contributed by atoms with van der Waals surface area (Å²) >= 11 is 0. The Bertz CT molecular complexity index is 1140. The van der Waals surface area contributed by atoms with Crippen LogP contribution in [0.5, 0.6) is 11.5 Å². The number of methoxy groups -OCH3 is 1. The summed E-state index contributed by atoms with van der Waals surface area (Å²) in [5.41, 5.74) is 11.0. The highest BCUT2D eigenvalue weighted by Gasteiger charge is 2.38. The second kappa shape index (κ2) is 8.20. The molecule has 8 heteroatoms. The molecule has 2 aromatic carbocycles. The highest BCUT2D eigenvalue weighted by molar-refractivity contribution is 5.68. The molecule has 1 unspecified atom stereocenters. The van der Waals surface area contributed by atoms with E-state index < -0.39 is 5.60 Å². The van der Waals surface area contributed by atoms with Gasteiger partial charge in [0.05, 0.1) is 18.9 Å². The Balaban J connectivity index is 1.40. The van der Waals surface area contributed by atoms with E-state index in [9.17, 15) is 0 Å². The molecule has 1 saturated carbocycles. The number of aromatic nitrogens is 2. The van der Waals surface area contributed by atoms with Crippen LogP contribution in [0.25, 0.3) is 17.1 Å². The van der Waals surface area contributed by atoms with Crippen LogP contribution in [0.1, 0.15) is 44.1 Å². The molecule has 0 amide bonds. The van der Waals surface area contributed by atoms with Gasteiger partial charge in [0.1, 0.15) is 0 Å². The number of nitrogens with zero attached hydrogens (tertiary/aromatic N) is 2. The molecule has 5 rings (SSSR count). The average Bonchev–Trinajstić information content (AvgIpc) is 3.56. The smallest absolute Gasteiger partial charge is 0.265 e. The molecule has 0 radical (unpaired) electrons. The second-order valence-corrected chi connectivity index (χ2v) is 8.30. The van der Waals surface area contributed by atoms with Gasteiger partial charge in [0.2, 0.25) is 5.82 Å². The number of nitrogen functional groups attached to an aromatic ring is 1. The monoisotopic (exact) mass is 434 g/mol. The van der Waals surface area contributed by atoms with E-state index >= 15 is 0 Å². The van der Waals surface area contributed by atoms with Crippen LogP contribution in [-0.2, 0) is 10.4 Å². The molecule has 0 spiro atoms. The van der Waals surface area contributed by atoms with E-state index in [1.807, 2.05) is 43.3 Å². The van der Waals surface area contributed by atoms with Crippen LogP contribution in [0.3, 0.4) is 0 Å². The maximum absolute atomic E-state index is 6.22. The van der Waals surface area contributed by atoms with Gasteiger partial charge in [-0.1, -0.05) is 5.16 Å². The Morgan fingerprint density at radius 2 is 1.81 bits per heavy atom. The SMILES string of the molecule is COc1ccc(C2=CC(C)(c3nc(-c4ccc(N)cc4)no3)ON2)cc1OC1CCCC1. The summed E-state index contributed by atoms with van der Waals surface area (Å²) in [6.07, 6.45) is 6.71. The Morgan fingerprint density at radius 1 is 1.06 bits per heavy atom. The third-order valence-electron chi connectivity index (χ3n) is 5.88. The summed E-state index contributed by atoms with van der Waals surface area (Å²) in [5, 5.41) is 4.10. The predicted molar refractivity (Wildman–Crippen MR) is 120 cm³/mol. The number of rotatable bonds is 6. The zero-order valence-corrected chi connectivity index (χ0v) is 18.1. The number of ether oxygens (including phenoxy) is 2. The van der Waals surface area contributed by atoms with Crippen molar-refractivity contribution in [3.05, 3.63) is 60.0 Å². The van der Waals surface area contributed by atoms with Crippen molar-refractivity contribution in [2.45, 2.75) is 44.3 Å². The number of hydroxylamine groups is 1. The molecule has 1 atom stereocenters. The third kappa shape index (κ3) is 3.89. The van der Waals surface area contributed by atoms with Gasteiger partial charge in [0.15, 0.2) is 17.1 Å². The van der Waals surface area contributed by atoms with Crippen LogP contribution in [0.15, 0.2) is 53.1 Å². The van der Waals surface area contributed by atoms with E-state index in [0.29, 0.717) is 23.2 Å². The van der Waals surface area contributed by atoms with E-state index in [0.717, 1.165) is 35.4 Å². The normalized spacial score (nSPS) is 20.8. The van der Waals surface area contributed by atoms with Gasteiger partial charge in [0, 0.05) is 16.8 Å². The van der Waals surface area contributed by atoms with Gasteiger partial charge < -0.3 is 19.7 Å². The third-order valence-corrected chi connectivity index (χ3v) is 5.88. The molecule has 32 heavy (non-hydrogen) atoms. The maximum atomic E-state index is 6.22. The Morgan fingerprint density at radius 3 is 2.56 bits per heavy atom. The minimum atomic E-state index is -0.916. The topological polar surface area (TPSA) is 105 Å². The number of hydrogen-bond acceptors (Lipinski definition) is 8. The van der Waals surface area contributed by atoms with E-state index in [1.165, 1.54) is 12.8 Å². The molecular weight excluding hydrogens is 408 g/mol. The number of nitrogens with one attached hydrogen (secondary N) is 1. The molecule has 8 nitrogen and oxygen atoms in total. The average molecular weight is 434 g/mol. The highest BCUT2D eigenvalue weighted by atomic mass is 16.7. The lowest BCUT2D eigenvalue weighted by Crippen LogP contribution is -2.23. The van der Waals surface area contributed by atoms with Crippen molar-refractivity contribution >= 4 is 11.4 Å². The Kier molecular flexibility index (Phi) is 5.22. The number of nitrogens with two attached hydrogens (primary N) is 1. The Labute approximate surface area is 186 Å². The molecule has 1 aliphatic carbocycles. The predicted octanol–water partition coefficient (Wildman–Crippen LogP) is 4.44. The van der Waals surface area contributed by atoms with E-state index in [-0.39, 0.29) is 6.10 Å². The van der Waals surface area contributed by atoms with Crippen LogP contribution in [0, 0.1) is 0 Å². The van der Waals surface area contributed by atoms with Gasteiger partial charge in [-0.2, -0.15) is 4.98 Å². The fourth-order valence-corrected chi connectivity index (χ4v) is 4.04. The molecular formula is C24H26N4O4. The molecule has 2 aliphatic rings. The maximum Gasteiger partial charge on any atom is 0.265 e. The molecule has 2 heterocycles. The molecule has 3 aromatic rings. The molecule has 1 aromatic heterocycles. The van der Waals surface area contributed by atoms with Gasteiger partial charge in [-0.3, -0.25) is 10.3 Å². The Hall–Kier alpha value is -3.52. The van der Waals surface area contributed by atoms with Crippen LogP contribution in [-0.4, -0.2) is 23.4 Å². The van der Waals surface area contributed by atoms with E-state index in [1.54, 1.807) is 19.2 Å². The summed E-state index contributed by atoms with van der Waals surface area (Å²) in [5.74, 6) is 2.27. The minimum absolute atomic E-state index is 0.233. The van der Waals surface area contributed by atoms with Crippen molar-refractivity contribution in [1.82, 2.24) is 15.6 Å². The lowest BCUT2D eigenvalue weighted by molar-refractivity contribution is -0.0445. The molecule has 1 aliphatic heterocycles. The van der Waals surface area contributed by atoms with Crippen LogP contribution in [0.4, 0.5) is 5.69 Å². The zero-order chi connectivity index (χ0) is 22.1. The van der Waals surface area contributed by atoms with Crippen molar-refractivity contribution in [2.75, 3.05) is 12.8 Å². The minimum Gasteiger partial charge on any atom is -0.493 e.